The highest BCUT2D eigenvalue weighted by atomic mass is 32.2. The van der Waals surface area contributed by atoms with Crippen LogP contribution in [0.15, 0.2) is 87.5 Å². The summed E-state index contributed by atoms with van der Waals surface area (Å²) < 4.78 is 5.65. The highest BCUT2D eigenvalue weighted by molar-refractivity contribution is 7.99. The average molecular weight is 355 g/mol. The number of nitrogen functional groups attached to an aromatic ring is 1. The van der Waals surface area contributed by atoms with E-state index in [1.807, 2.05) is 60.7 Å². The Morgan fingerprint density at radius 3 is 2.17 bits per heavy atom. The van der Waals surface area contributed by atoms with Crippen LogP contribution in [0.2, 0.25) is 0 Å². The average Bonchev–Trinajstić information content (AvgIpc) is 2.61. The molecular weight excluding hydrogens is 338 g/mol. The number of anilines is 1. The first-order chi connectivity index (χ1) is 11.7. The molecule has 3 nitrogen and oxygen atoms in total. The number of rotatable bonds is 6. The molecule has 0 aliphatic rings. The predicted octanol–water partition coefficient (Wildman–Crippen LogP) is 5.25. The molecule has 0 aliphatic carbocycles. The van der Waals surface area contributed by atoms with E-state index in [1.54, 1.807) is 23.9 Å². The topological polar surface area (TPSA) is 55.5 Å². The quantitative estimate of drug-likeness (QED) is 0.274. The second-order valence-electron chi connectivity index (χ2n) is 4.99. The van der Waals surface area contributed by atoms with Crippen LogP contribution in [0.1, 0.15) is 0 Å². The van der Waals surface area contributed by atoms with Crippen molar-refractivity contribution in [2.45, 2.75) is 14.7 Å². The van der Waals surface area contributed by atoms with E-state index < -0.39 is 0 Å². The molecule has 0 aromatic heterocycles. The van der Waals surface area contributed by atoms with Crippen molar-refractivity contribution in [3.8, 4) is 11.5 Å². The molecule has 5 heteroatoms. The van der Waals surface area contributed by atoms with Gasteiger partial charge in [-0.15, -0.1) is 0 Å². The molecular formula is C19H17NO2S2. The number of ether oxygens (including phenoxy) is 1. The van der Waals surface area contributed by atoms with Gasteiger partial charge in [0, 0.05) is 26.4 Å². The van der Waals surface area contributed by atoms with Gasteiger partial charge in [-0.25, -0.2) is 0 Å². The first-order valence-electron chi connectivity index (χ1n) is 7.38. The first kappa shape index (κ1) is 16.6. The maximum absolute atomic E-state index is 10.2. The van der Waals surface area contributed by atoms with Gasteiger partial charge in [0.15, 0.2) is 11.5 Å². The van der Waals surface area contributed by atoms with Crippen LogP contribution in [0.3, 0.4) is 0 Å². The Kier molecular flexibility index (Phi) is 5.56. The maximum Gasteiger partial charge on any atom is 0.164 e. The lowest BCUT2D eigenvalue weighted by Gasteiger charge is -2.12. The van der Waals surface area contributed by atoms with E-state index in [1.165, 1.54) is 11.8 Å². The van der Waals surface area contributed by atoms with Gasteiger partial charge in [0.05, 0.1) is 0 Å². The Morgan fingerprint density at radius 2 is 1.50 bits per heavy atom. The molecule has 3 N–H and O–H groups in total. The molecule has 0 bridgehead atoms. The number of thioether (sulfide) groups is 1. The van der Waals surface area contributed by atoms with Crippen molar-refractivity contribution in [2.24, 2.45) is 0 Å². The van der Waals surface area contributed by atoms with E-state index in [-0.39, 0.29) is 5.75 Å². The fourth-order valence-corrected chi connectivity index (χ4v) is 3.63. The van der Waals surface area contributed by atoms with Gasteiger partial charge in [-0.1, -0.05) is 59.9 Å². The van der Waals surface area contributed by atoms with E-state index in [0.29, 0.717) is 17.4 Å². The van der Waals surface area contributed by atoms with Crippen molar-refractivity contribution in [1.82, 2.24) is 0 Å². The lowest BCUT2D eigenvalue weighted by Crippen LogP contribution is -1.96. The summed E-state index contributed by atoms with van der Waals surface area (Å²) in [5.41, 5.74) is 6.69. The molecule has 3 aromatic carbocycles. The second kappa shape index (κ2) is 8.04. The molecule has 0 unspecified atom stereocenters. The van der Waals surface area contributed by atoms with Crippen molar-refractivity contribution < 1.29 is 9.84 Å². The van der Waals surface area contributed by atoms with Gasteiger partial charge in [0.1, 0.15) is 5.94 Å². The van der Waals surface area contributed by atoms with Crippen molar-refractivity contribution in [3.05, 3.63) is 72.8 Å². The number of nitrogens with two attached hydrogens (primary N) is 1. The summed E-state index contributed by atoms with van der Waals surface area (Å²) in [4.78, 5) is 2.99. The van der Waals surface area contributed by atoms with Crippen LogP contribution in [-0.4, -0.2) is 11.0 Å². The monoisotopic (exact) mass is 355 g/mol. The molecule has 0 fully saturated rings. The Bertz CT molecular complexity index is 795. The number of phenolic OH excluding ortho intramolecular Hbond substituents is 1. The highest BCUT2D eigenvalue weighted by Crippen LogP contribution is 2.39. The van der Waals surface area contributed by atoms with Gasteiger partial charge in [0.25, 0.3) is 0 Å². The van der Waals surface area contributed by atoms with Crippen LogP contribution in [0.5, 0.6) is 11.5 Å². The van der Waals surface area contributed by atoms with Crippen molar-refractivity contribution in [3.63, 3.8) is 0 Å². The van der Waals surface area contributed by atoms with E-state index in [2.05, 4.69) is 0 Å². The summed E-state index contributed by atoms with van der Waals surface area (Å²) in [6.07, 6.45) is 0. The summed E-state index contributed by atoms with van der Waals surface area (Å²) in [5.74, 6) is 0.895. The SMILES string of the molecule is Nc1cc(OCSc2ccccc2)c(O)cc1Sc1ccccc1. The van der Waals surface area contributed by atoms with Crippen molar-refractivity contribution >= 4 is 29.2 Å². The van der Waals surface area contributed by atoms with E-state index in [4.69, 9.17) is 10.5 Å². The smallest absolute Gasteiger partial charge is 0.164 e. The van der Waals surface area contributed by atoms with E-state index >= 15 is 0 Å². The zero-order valence-corrected chi connectivity index (χ0v) is 14.5. The van der Waals surface area contributed by atoms with Gasteiger partial charge in [-0.3, -0.25) is 0 Å². The summed E-state index contributed by atoms with van der Waals surface area (Å²) >= 11 is 3.07. The number of hydrogen-bond acceptors (Lipinski definition) is 5. The second-order valence-corrected chi connectivity index (χ2v) is 7.10. The third-order valence-electron chi connectivity index (χ3n) is 3.25. The van der Waals surface area contributed by atoms with Crippen molar-refractivity contribution in [2.75, 3.05) is 11.7 Å². The van der Waals surface area contributed by atoms with E-state index in [9.17, 15) is 5.11 Å². The fraction of sp³-hybridized carbons (Fsp3) is 0.0526. The van der Waals surface area contributed by atoms with E-state index in [0.717, 1.165) is 14.7 Å². The fourth-order valence-electron chi connectivity index (χ4n) is 2.06. The van der Waals surface area contributed by atoms with Gasteiger partial charge >= 0.3 is 0 Å². The third-order valence-corrected chi connectivity index (χ3v) is 5.17. The normalized spacial score (nSPS) is 10.5. The maximum atomic E-state index is 10.2. The largest absolute Gasteiger partial charge is 0.504 e. The van der Waals surface area contributed by atoms with Gasteiger partial charge in [-0.2, -0.15) is 0 Å². The number of hydrogen-bond donors (Lipinski definition) is 2. The van der Waals surface area contributed by atoms with Crippen LogP contribution in [0, 0.1) is 0 Å². The molecule has 0 heterocycles. The molecule has 0 atom stereocenters. The molecule has 3 rings (SSSR count). The Hall–Kier alpha value is -2.24. The van der Waals surface area contributed by atoms with Crippen molar-refractivity contribution in [1.29, 1.82) is 0 Å². The third kappa shape index (κ3) is 4.40. The van der Waals surface area contributed by atoms with Crippen LogP contribution in [-0.2, 0) is 0 Å². The molecule has 0 amide bonds. The Balaban J connectivity index is 1.66. The van der Waals surface area contributed by atoms with Crippen LogP contribution in [0.25, 0.3) is 0 Å². The number of phenols is 1. The summed E-state index contributed by atoms with van der Waals surface area (Å²) in [6, 6.07) is 23.2. The van der Waals surface area contributed by atoms with Crippen LogP contribution in [0.4, 0.5) is 5.69 Å². The summed E-state index contributed by atoms with van der Waals surface area (Å²) in [5, 5.41) is 10.2. The van der Waals surface area contributed by atoms with Gasteiger partial charge < -0.3 is 15.6 Å². The van der Waals surface area contributed by atoms with Gasteiger partial charge in [-0.05, 0) is 30.3 Å². The summed E-state index contributed by atoms with van der Waals surface area (Å²) in [6.45, 7) is 0. The lowest BCUT2D eigenvalue weighted by atomic mass is 10.3. The van der Waals surface area contributed by atoms with Crippen LogP contribution >= 0.6 is 23.5 Å². The Labute approximate surface area is 149 Å². The Morgan fingerprint density at radius 1 is 0.875 bits per heavy atom. The zero-order chi connectivity index (χ0) is 16.8. The molecule has 0 aliphatic heterocycles. The standard InChI is InChI=1S/C19H17NO2S2/c20-16-11-18(22-13-23-14-7-3-1-4-8-14)17(21)12-19(16)24-15-9-5-2-6-10-15/h1-12,21H,13,20H2. The predicted molar refractivity (Wildman–Crippen MR) is 101 cm³/mol. The van der Waals surface area contributed by atoms with Crippen LogP contribution < -0.4 is 10.5 Å². The molecule has 0 spiro atoms. The highest BCUT2D eigenvalue weighted by Gasteiger charge is 2.10. The minimum Gasteiger partial charge on any atom is -0.504 e. The minimum absolute atomic E-state index is 0.0938. The minimum atomic E-state index is 0.0938. The molecule has 24 heavy (non-hydrogen) atoms. The first-order valence-corrected chi connectivity index (χ1v) is 9.18. The number of aromatic hydroxyl groups is 1. The molecule has 0 radical (unpaired) electrons. The molecule has 0 saturated carbocycles. The lowest BCUT2D eigenvalue weighted by molar-refractivity contribution is 0.358. The molecule has 122 valence electrons. The molecule has 0 saturated heterocycles. The zero-order valence-electron chi connectivity index (χ0n) is 12.9. The summed E-state index contributed by atoms with van der Waals surface area (Å²) in [7, 11) is 0. The number of benzene rings is 3. The molecule has 3 aromatic rings. The van der Waals surface area contributed by atoms with Gasteiger partial charge in [0.2, 0.25) is 0 Å².